The van der Waals surface area contributed by atoms with Crippen molar-refractivity contribution in [2.75, 3.05) is 13.1 Å². The summed E-state index contributed by atoms with van der Waals surface area (Å²) in [5.41, 5.74) is 0.539. The minimum absolute atomic E-state index is 0.0293. The van der Waals surface area contributed by atoms with Crippen LogP contribution in [-0.4, -0.2) is 32.5 Å². The Labute approximate surface area is 142 Å². The quantitative estimate of drug-likeness (QED) is 0.804. The van der Waals surface area contributed by atoms with Crippen LogP contribution in [0.2, 0.25) is 0 Å². The monoisotopic (exact) mass is 347 g/mol. The number of sulfone groups is 1. The maximum Gasteiger partial charge on any atom is 0.314 e. The van der Waals surface area contributed by atoms with Crippen LogP contribution in [0.3, 0.4) is 0 Å². The van der Waals surface area contributed by atoms with Crippen molar-refractivity contribution in [3.8, 4) is 0 Å². The van der Waals surface area contributed by atoms with E-state index in [1.165, 1.54) is 6.20 Å². The first-order valence-electron chi connectivity index (χ1n) is 7.76. The van der Waals surface area contributed by atoms with Gasteiger partial charge in [-0.15, -0.1) is 0 Å². The van der Waals surface area contributed by atoms with Crippen molar-refractivity contribution >= 4 is 15.9 Å². The molecule has 0 aliphatic rings. The molecule has 1 aromatic carbocycles. The standard InChI is InChI=1S/C17H21N3O3S/c1-2-10-19-17(21)20-13-16(14-7-6-11-18-12-14)24(22,23)15-8-4-3-5-9-15/h3-9,11-12,16H,2,10,13H2,1H3,(H2,19,20,21). The van der Waals surface area contributed by atoms with Crippen LogP contribution in [0.1, 0.15) is 24.2 Å². The molecule has 1 heterocycles. The molecule has 2 aromatic rings. The van der Waals surface area contributed by atoms with Gasteiger partial charge in [-0.1, -0.05) is 31.2 Å². The maximum absolute atomic E-state index is 13.0. The lowest BCUT2D eigenvalue weighted by atomic mass is 10.2. The summed E-state index contributed by atoms with van der Waals surface area (Å²) >= 11 is 0. The third kappa shape index (κ3) is 4.55. The highest BCUT2D eigenvalue weighted by atomic mass is 32.2. The Hall–Kier alpha value is -2.41. The summed E-state index contributed by atoms with van der Waals surface area (Å²) in [5, 5.41) is 4.40. The first-order chi connectivity index (χ1) is 11.6. The molecule has 0 saturated heterocycles. The van der Waals surface area contributed by atoms with Gasteiger partial charge in [0.25, 0.3) is 0 Å². The molecule has 0 fully saturated rings. The van der Waals surface area contributed by atoms with E-state index >= 15 is 0 Å². The zero-order valence-corrected chi connectivity index (χ0v) is 14.3. The number of nitrogens with one attached hydrogen (secondary N) is 2. The largest absolute Gasteiger partial charge is 0.338 e. The van der Waals surface area contributed by atoms with E-state index in [-0.39, 0.29) is 17.5 Å². The number of aromatic nitrogens is 1. The van der Waals surface area contributed by atoms with Gasteiger partial charge in [-0.3, -0.25) is 4.98 Å². The molecule has 0 saturated carbocycles. The fraction of sp³-hybridized carbons (Fsp3) is 0.294. The first kappa shape index (κ1) is 17.9. The summed E-state index contributed by atoms with van der Waals surface area (Å²) in [5.74, 6) is 0. The molecule has 2 N–H and O–H groups in total. The molecule has 6 nitrogen and oxygen atoms in total. The van der Waals surface area contributed by atoms with E-state index in [4.69, 9.17) is 0 Å². The van der Waals surface area contributed by atoms with Gasteiger partial charge in [-0.2, -0.15) is 0 Å². The van der Waals surface area contributed by atoms with Crippen LogP contribution in [-0.2, 0) is 9.84 Å². The minimum atomic E-state index is -3.65. The summed E-state index contributed by atoms with van der Waals surface area (Å²) in [6.45, 7) is 2.45. The third-order valence-corrected chi connectivity index (χ3v) is 5.60. The van der Waals surface area contributed by atoms with E-state index in [0.717, 1.165) is 6.42 Å². The number of carbonyl (C=O) groups excluding carboxylic acids is 1. The number of pyridine rings is 1. The van der Waals surface area contributed by atoms with Crippen LogP contribution in [0.25, 0.3) is 0 Å². The molecular formula is C17H21N3O3S. The SMILES string of the molecule is CCCNC(=O)NCC(c1cccnc1)S(=O)(=O)c1ccccc1. The lowest BCUT2D eigenvalue weighted by Crippen LogP contribution is -2.39. The van der Waals surface area contributed by atoms with Crippen LogP contribution in [0.4, 0.5) is 4.79 Å². The van der Waals surface area contributed by atoms with Gasteiger partial charge in [0.2, 0.25) is 0 Å². The third-order valence-electron chi connectivity index (χ3n) is 3.49. The summed E-state index contributed by atoms with van der Waals surface area (Å²) < 4.78 is 25.9. The van der Waals surface area contributed by atoms with Gasteiger partial charge in [-0.25, -0.2) is 13.2 Å². The average Bonchev–Trinajstić information content (AvgIpc) is 2.61. The second kappa shape index (κ2) is 8.44. The number of urea groups is 1. The van der Waals surface area contributed by atoms with Crippen molar-refractivity contribution in [2.24, 2.45) is 0 Å². The number of hydrogen-bond donors (Lipinski definition) is 2. The zero-order chi connectivity index (χ0) is 17.4. The van der Waals surface area contributed by atoms with Gasteiger partial charge in [0, 0.05) is 25.5 Å². The maximum atomic E-state index is 13.0. The highest BCUT2D eigenvalue weighted by Crippen LogP contribution is 2.27. The first-order valence-corrected chi connectivity index (χ1v) is 9.31. The predicted octanol–water partition coefficient (Wildman–Crippen LogP) is 2.31. The number of carbonyl (C=O) groups is 1. The summed E-state index contributed by atoms with van der Waals surface area (Å²) in [6.07, 6.45) is 3.90. The average molecular weight is 347 g/mol. The van der Waals surface area contributed by atoms with E-state index in [2.05, 4.69) is 15.6 Å². The summed E-state index contributed by atoms with van der Waals surface area (Å²) in [4.78, 5) is 16.0. The predicted molar refractivity (Wildman–Crippen MR) is 92.3 cm³/mol. The molecule has 1 aromatic heterocycles. The number of nitrogens with zero attached hydrogens (tertiary/aromatic N) is 1. The van der Waals surface area contributed by atoms with Gasteiger partial charge in [0.1, 0.15) is 5.25 Å². The Morgan fingerprint density at radius 2 is 1.88 bits per heavy atom. The normalized spacial score (nSPS) is 12.4. The molecule has 0 radical (unpaired) electrons. The Kier molecular flexibility index (Phi) is 6.31. The van der Waals surface area contributed by atoms with E-state index in [9.17, 15) is 13.2 Å². The number of hydrogen-bond acceptors (Lipinski definition) is 4. The van der Waals surface area contributed by atoms with E-state index < -0.39 is 15.1 Å². The lowest BCUT2D eigenvalue weighted by molar-refractivity contribution is 0.241. The molecule has 2 amide bonds. The Morgan fingerprint density at radius 1 is 1.12 bits per heavy atom. The summed E-state index contributed by atoms with van der Waals surface area (Å²) in [7, 11) is -3.65. The molecule has 7 heteroatoms. The van der Waals surface area contributed by atoms with E-state index in [1.807, 2.05) is 6.92 Å². The molecule has 128 valence electrons. The number of rotatable bonds is 7. The lowest BCUT2D eigenvalue weighted by Gasteiger charge is -2.19. The van der Waals surface area contributed by atoms with Crippen LogP contribution in [0.15, 0.2) is 59.8 Å². The molecule has 0 bridgehead atoms. The van der Waals surface area contributed by atoms with E-state index in [0.29, 0.717) is 12.1 Å². The van der Waals surface area contributed by atoms with Crippen molar-refractivity contribution in [2.45, 2.75) is 23.5 Å². The zero-order valence-electron chi connectivity index (χ0n) is 13.5. The van der Waals surface area contributed by atoms with Gasteiger partial charge in [-0.05, 0) is 30.2 Å². The number of amides is 2. The molecule has 1 atom stereocenters. The van der Waals surface area contributed by atoms with Crippen molar-refractivity contribution in [3.63, 3.8) is 0 Å². The van der Waals surface area contributed by atoms with Crippen molar-refractivity contribution in [3.05, 3.63) is 60.4 Å². The number of benzene rings is 1. The van der Waals surface area contributed by atoms with Gasteiger partial charge < -0.3 is 10.6 Å². The fourth-order valence-electron chi connectivity index (χ4n) is 2.23. The molecule has 24 heavy (non-hydrogen) atoms. The molecular weight excluding hydrogens is 326 g/mol. The Balaban J connectivity index is 2.26. The molecule has 0 spiro atoms. The Morgan fingerprint density at radius 3 is 2.50 bits per heavy atom. The van der Waals surface area contributed by atoms with Gasteiger partial charge >= 0.3 is 6.03 Å². The van der Waals surface area contributed by atoms with Crippen LogP contribution in [0.5, 0.6) is 0 Å². The summed E-state index contributed by atoms with van der Waals surface area (Å²) in [6, 6.07) is 11.2. The van der Waals surface area contributed by atoms with E-state index in [1.54, 1.807) is 48.7 Å². The second-order valence-electron chi connectivity index (χ2n) is 5.27. The van der Waals surface area contributed by atoms with Crippen LogP contribution in [0, 0.1) is 0 Å². The van der Waals surface area contributed by atoms with Gasteiger partial charge in [0.05, 0.1) is 4.90 Å². The fourth-order valence-corrected chi connectivity index (χ4v) is 3.90. The minimum Gasteiger partial charge on any atom is -0.338 e. The molecule has 1 unspecified atom stereocenters. The highest BCUT2D eigenvalue weighted by Gasteiger charge is 2.29. The van der Waals surface area contributed by atoms with Crippen molar-refractivity contribution < 1.29 is 13.2 Å². The van der Waals surface area contributed by atoms with Crippen molar-refractivity contribution in [1.82, 2.24) is 15.6 Å². The Bertz CT molecular complexity index is 749. The molecule has 2 rings (SSSR count). The highest BCUT2D eigenvalue weighted by molar-refractivity contribution is 7.91. The molecule has 0 aliphatic heterocycles. The van der Waals surface area contributed by atoms with Crippen LogP contribution < -0.4 is 10.6 Å². The smallest absolute Gasteiger partial charge is 0.314 e. The molecule has 0 aliphatic carbocycles. The second-order valence-corrected chi connectivity index (χ2v) is 7.40. The van der Waals surface area contributed by atoms with Gasteiger partial charge in [0.15, 0.2) is 9.84 Å². The van der Waals surface area contributed by atoms with Crippen molar-refractivity contribution in [1.29, 1.82) is 0 Å². The van der Waals surface area contributed by atoms with Crippen LogP contribution >= 0.6 is 0 Å². The topological polar surface area (TPSA) is 88.2 Å².